The number of benzene rings is 1. The number of hydrogen-bond donors (Lipinski definition) is 3. The third-order valence-electron chi connectivity index (χ3n) is 3.93. The number of guanidine groups is 1. The van der Waals surface area contributed by atoms with Gasteiger partial charge >= 0.3 is 6.18 Å². The van der Waals surface area contributed by atoms with Gasteiger partial charge in [-0.3, -0.25) is 15.1 Å². The number of aromatic amines is 1. The predicted octanol–water partition coefficient (Wildman–Crippen LogP) is 3.33. The van der Waals surface area contributed by atoms with Crippen LogP contribution in [0.3, 0.4) is 0 Å². The SMILES string of the molecule is CN(C)CCCOc1cc(C(F)(F)F)c2cc(C(=O)N(C)C(=N)N)[nH]c2c1.Cl.Cl. The molecule has 164 valence electrons. The quantitative estimate of drug-likeness (QED) is 0.352. The van der Waals surface area contributed by atoms with Crippen molar-refractivity contribution in [3.05, 3.63) is 29.5 Å². The average Bonchev–Trinajstić information content (AvgIpc) is 2.99. The number of H-pyrrole nitrogens is 1. The number of alkyl halides is 3. The highest BCUT2D eigenvalue weighted by atomic mass is 35.5. The first-order valence-corrected chi connectivity index (χ1v) is 8.14. The Morgan fingerprint density at radius 2 is 1.83 bits per heavy atom. The van der Waals surface area contributed by atoms with E-state index in [9.17, 15) is 18.0 Å². The molecule has 0 radical (unpaired) electrons. The summed E-state index contributed by atoms with van der Waals surface area (Å²) in [5.74, 6) is -1.16. The summed E-state index contributed by atoms with van der Waals surface area (Å²) in [6.45, 7) is 1.01. The third-order valence-corrected chi connectivity index (χ3v) is 3.93. The molecular formula is C17H24Cl2F3N5O2. The Hall–Kier alpha value is -2.17. The second-order valence-electron chi connectivity index (χ2n) is 6.37. The number of nitrogens with one attached hydrogen (secondary N) is 2. The van der Waals surface area contributed by atoms with Crippen molar-refractivity contribution in [3.8, 4) is 5.75 Å². The Morgan fingerprint density at radius 1 is 1.21 bits per heavy atom. The maximum absolute atomic E-state index is 13.5. The Kier molecular flexibility index (Phi) is 9.77. The van der Waals surface area contributed by atoms with Crippen LogP contribution in [-0.2, 0) is 6.18 Å². The summed E-state index contributed by atoms with van der Waals surface area (Å²) in [6, 6.07) is 3.45. The monoisotopic (exact) mass is 457 g/mol. The zero-order valence-corrected chi connectivity index (χ0v) is 17.7. The van der Waals surface area contributed by atoms with Gasteiger partial charge in [-0.15, -0.1) is 24.8 Å². The Bertz CT molecular complexity index is 855. The molecule has 0 bridgehead atoms. The van der Waals surface area contributed by atoms with E-state index < -0.39 is 23.6 Å². The van der Waals surface area contributed by atoms with Crippen molar-refractivity contribution in [3.63, 3.8) is 0 Å². The molecule has 0 aliphatic carbocycles. The molecule has 1 heterocycles. The van der Waals surface area contributed by atoms with Crippen LogP contribution >= 0.6 is 24.8 Å². The lowest BCUT2D eigenvalue weighted by Crippen LogP contribution is -2.38. The van der Waals surface area contributed by atoms with Crippen molar-refractivity contribution in [2.45, 2.75) is 12.6 Å². The Labute approximate surface area is 178 Å². The van der Waals surface area contributed by atoms with Crippen molar-refractivity contribution in [1.82, 2.24) is 14.8 Å². The summed E-state index contributed by atoms with van der Waals surface area (Å²) in [7, 11) is 5.05. The van der Waals surface area contributed by atoms with Crippen LogP contribution in [-0.4, -0.2) is 60.9 Å². The molecular weight excluding hydrogens is 434 g/mol. The molecule has 0 saturated carbocycles. The minimum Gasteiger partial charge on any atom is -0.493 e. The summed E-state index contributed by atoms with van der Waals surface area (Å²) in [5, 5.41) is 7.13. The molecule has 12 heteroatoms. The van der Waals surface area contributed by atoms with Crippen LogP contribution in [0.25, 0.3) is 10.9 Å². The first-order valence-electron chi connectivity index (χ1n) is 8.14. The number of fused-ring (bicyclic) bond motifs is 1. The van der Waals surface area contributed by atoms with Crippen LogP contribution in [0, 0.1) is 5.41 Å². The van der Waals surface area contributed by atoms with Gasteiger partial charge in [0.25, 0.3) is 5.91 Å². The summed E-state index contributed by atoms with van der Waals surface area (Å²) in [5.41, 5.74) is 4.37. The average molecular weight is 458 g/mol. The fourth-order valence-electron chi connectivity index (χ4n) is 2.51. The first-order chi connectivity index (χ1) is 12.5. The van der Waals surface area contributed by atoms with E-state index in [1.807, 2.05) is 19.0 Å². The number of halogens is 5. The number of nitrogens with zero attached hydrogens (tertiary/aromatic N) is 2. The number of carbonyl (C=O) groups is 1. The first kappa shape index (κ1) is 26.8. The standard InChI is InChI=1S/C17H22F3N5O2.2ClH/c1-24(2)5-4-6-27-10-7-12(17(18,19)20)11-9-14(23-13(11)8-10)15(26)25(3)16(21)22;;/h7-9,23H,4-6H2,1-3H3,(H3,21,22);2*1H. The van der Waals surface area contributed by atoms with Crippen LogP contribution < -0.4 is 10.5 Å². The minimum atomic E-state index is -4.61. The second kappa shape index (κ2) is 10.6. The maximum atomic E-state index is 13.5. The lowest BCUT2D eigenvalue weighted by Gasteiger charge is -2.13. The molecule has 1 amide bonds. The van der Waals surface area contributed by atoms with Gasteiger partial charge in [0.15, 0.2) is 5.96 Å². The fourth-order valence-corrected chi connectivity index (χ4v) is 2.51. The van der Waals surface area contributed by atoms with Gasteiger partial charge in [0, 0.05) is 25.0 Å². The van der Waals surface area contributed by atoms with Gasteiger partial charge in [-0.05, 0) is 32.6 Å². The molecule has 2 rings (SSSR count). The van der Waals surface area contributed by atoms with Crippen LogP contribution in [0.2, 0.25) is 0 Å². The molecule has 1 aromatic heterocycles. The number of rotatable bonds is 6. The zero-order valence-electron chi connectivity index (χ0n) is 16.1. The summed E-state index contributed by atoms with van der Waals surface area (Å²) in [4.78, 5) is 17.7. The Morgan fingerprint density at radius 3 is 2.34 bits per heavy atom. The number of hydrogen-bond acceptors (Lipinski definition) is 4. The third kappa shape index (κ3) is 6.69. The molecule has 7 nitrogen and oxygen atoms in total. The van der Waals surface area contributed by atoms with E-state index in [1.54, 1.807) is 0 Å². The number of carbonyl (C=O) groups excluding carboxylic acids is 1. The van der Waals surface area contributed by atoms with Gasteiger partial charge in [-0.25, -0.2) is 0 Å². The topological polar surface area (TPSA) is 98.4 Å². The van der Waals surface area contributed by atoms with E-state index in [4.69, 9.17) is 15.9 Å². The summed E-state index contributed by atoms with van der Waals surface area (Å²) < 4.78 is 45.9. The molecule has 0 fully saturated rings. The van der Waals surface area contributed by atoms with Crippen molar-refractivity contribution < 1.29 is 22.7 Å². The van der Waals surface area contributed by atoms with E-state index in [-0.39, 0.29) is 53.8 Å². The van der Waals surface area contributed by atoms with Crippen LogP contribution in [0.1, 0.15) is 22.5 Å². The van der Waals surface area contributed by atoms with Crippen LogP contribution in [0.4, 0.5) is 13.2 Å². The molecule has 0 unspecified atom stereocenters. The largest absolute Gasteiger partial charge is 0.493 e. The summed E-state index contributed by atoms with van der Waals surface area (Å²) in [6.07, 6.45) is -3.96. The van der Waals surface area contributed by atoms with E-state index in [1.165, 1.54) is 13.1 Å². The highest BCUT2D eigenvalue weighted by Gasteiger charge is 2.34. The number of ether oxygens (including phenoxy) is 1. The highest BCUT2D eigenvalue weighted by molar-refractivity contribution is 6.06. The lowest BCUT2D eigenvalue weighted by atomic mass is 10.1. The zero-order chi connectivity index (χ0) is 20.4. The minimum absolute atomic E-state index is 0. The van der Waals surface area contributed by atoms with Crippen molar-refractivity contribution in [1.29, 1.82) is 5.41 Å². The smallest absolute Gasteiger partial charge is 0.417 e. The Balaban J connectivity index is 0.00000392. The van der Waals surface area contributed by atoms with Crippen LogP contribution in [0.15, 0.2) is 18.2 Å². The number of nitrogens with two attached hydrogens (primary N) is 1. The van der Waals surface area contributed by atoms with Gasteiger partial charge in [-0.1, -0.05) is 0 Å². The van der Waals surface area contributed by atoms with Gasteiger partial charge in [-0.2, -0.15) is 13.2 Å². The van der Waals surface area contributed by atoms with E-state index in [2.05, 4.69) is 4.98 Å². The molecule has 4 N–H and O–H groups in total. The molecule has 0 atom stereocenters. The van der Waals surface area contributed by atoms with Crippen LogP contribution in [0.5, 0.6) is 5.75 Å². The number of aromatic nitrogens is 1. The molecule has 2 aromatic rings. The lowest BCUT2D eigenvalue weighted by molar-refractivity contribution is -0.136. The molecule has 1 aromatic carbocycles. The maximum Gasteiger partial charge on any atom is 0.417 e. The van der Waals surface area contributed by atoms with Crippen molar-refractivity contribution >= 4 is 47.6 Å². The normalized spacial score (nSPS) is 11.0. The van der Waals surface area contributed by atoms with Gasteiger partial charge in [0.1, 0.15) is 11.4 Å². The van der Waals surface area contributed by atoms with Gasteiger partial charge in [0.2, 0.25) is 0 Å². The molecule has 0 aliphatic rings. The van der Waals surface area contributed by atoms with E-state index in [0.29, 0.717) is 6.42 Å². The van der Waals surface area contributed by atoms with Crippen molar-refractivity contribution in [2.24, 2.45) is 5.73 Å². The fraction of sp³-hybridized carbons (Fsp3) is 0.412. The number of amides is 1. The van der Waals surface area contributed by atoms with Crippen molar-refractivity contribution in [2.75, 3.05) is 34.3 Å². The molecule has 0 spiro atoms. The summed E-state index contributed by atoms with van der Waals surface area (Å²) >= 11 is 0. The molecule has 0 saturated heterocycles. The van der Waals surface area contributed by atoms with Gasteiger partial charge in [0.05, 0.1) is 17.7 Å². The van der Waals surface area contributed by atoms with Gasteiger partial charge < -0.3 is 20.4 Å². The molecule has 29 heavy (non-hydrogen) atoms. The molecule has 0 aliphatic heterocycles. The second-order valence-corrected chi connectivity index (χ2v) is 6.37. The van der Waals surface area contributed by atoms with E-state index >= 15 is 0 Å². The highest BCUT2D eigenvalue weighted by Crippen LogP contribution is 2.38. The predicted molar refractivity (Wildman–Crippen MR) is 110 cm³/mol. The van der Waals surface area contributed by atoms with E-state index in [0.717, 1.165) is 23.6 Å².